The van der Waals surface area contributed by atoms with E-state index in [1.165, 1.54) is 29.2 Å². The number of nitrogens with zero attached hydrogens (tertiary/aromatic N) is 3. The smallest absolute Gasteiger partial charge is 0.292 e. The largest absolute Gasteiger partial charge is 0.352 e. The van der Waals surface area contributed by atoms with Crippen molar-refractivity contribution in [2.75, 3.05) is 5.43 Å². The van der Waals surface area contributed by atoms with E-state index in [1.54, 1.807) is 18.2 Å². The van der Waals surface area contributed by atoms with Gasteiger partial charge in [0.15, 0.2) is 5.82 Å². The monoisotopic (exact) mass is 375 g/mol. The van der Waals surface area contributed by atoms with Gasteiger partial charge in [0.25, 0.3) is 0 Å². The lowest BCUT2D eigenvalue weighted by Crippen LogP contribution is -2.26. The molecule has 1 aromatic carbocycles. The molecule has 0 spiro atoms. The summed E-state index contributed by atoms with van der Waals surface area (Å²) in [6.45, 7) is 0. The molecular formula is C17H15Cl2N5O. The van der Waals surface area contributed by atoms with E-state index in [2.05, 4.69) is 39.7 Å². The lowest BCUT2D eigenvalue weighted by molar-refractivity contribution is 0.785. The molecule has 4 rings (SSSR count). The molecule has 0 saturated carbocycles. The number of nitrogens with one attached hydrogen (secondary N) is 1. The zero-order valence-corrected chi connectivity index (χ0v) is 14.8. The summed E-state index contributed by atoms with van der Waals surface area (Å²) in [7, 11) is 1.53. The van der Waals surface area contributed by atoms with Crippen molar-refractivity contribution in [2.45, 2.75) is 6.42 Å². The molecule has 2 aliphatic carbocycles. The van der Waals surface area contributed by atoms with Crippen LogP contribution < -0.4 is 17.0 Å². The Labute approximate surface area is 154 Å². The normalized spacial score (nSPS) is 13.9. The molecular weight excluding hydrogens is 361 g/mol. The zero-order chi connectivity index (χ0) is 18.0. The van der Waals surface area contributed by atoms with Gasteiger partial charge in [0.05, 0.1) is 15.6 Å². The minimum Gasteiger partial charge on any atom is -0.292 e. The molecule has 0 aliphatic heterocycles. The molecule has 6 nitrogen and oxygen atoms in total. The Balaban J connectivity index is 0.000000213. The minimum absolute atomic E-state index is 0.00378. The molecule has 0 fully saturated rings. The van der Waals surface area contributed by atoms with E-state index < -0.39 is 5.69 Å². The fraction of sp³-hybridized carbons (Fsp3) is 0.118. The van der Waals surface area contributed by atoms with E-state index >= 15 is 0 Å². The van der Waals surface area contributed by atoms with E-state index in [9.17, 15) is 4.79 Å². The lowest BCUT2D eigenvalue weighted by atomic mass is 10.2. The topological polar surface area (TPSA) is 85.8 Å². The number of rotatable bonds is 2. The van der Waals surface area contributed by atoms with Crippen molar-refractivity contribution in [3.05, 3.63) is 74.2 Å². The SMILES string of the molecule is C1=CC2=CC=C1C2.Cn1c(-c2c(Cl)cccc2Cl)nc(NN)nc1=O. The first-order valence-corrected chi connectivity index (χ1v) is 8.19. The van der Waals surface area contributed by atoms with Crippen molar-refractivity contribution in [3.8, 4) is 11.4 Å². The van der Waals surface area contributed by atoms with Gasteiger partial charge < -0.3 is 0 Å². The minimum atomic E-state index is -0.510. The molecule has 0 saturated heterocycles. The molecule has 2 aliphatic rings. The maximum absolute atomic E-state index is 11.6. The number of benzene rings is 1. The number of nitrogens with two attached hydrogens (primary N) is 1. The van der Waals surface area contributed by atoms with Crippen LogP contribution in [-0.4, -0.2) is 14.5 Å². The second-order valence-corrected chi connectivity index (χ2v) is 6.26. The van der Waals surface area contributed by atoms with Gasteiger partial charge in [-0.3, -0.25) is 9.99 Å². The van der Waals surface area contributed by atoms with Crippen LogP contribution in [-0.2, 0) is 7.05 Å². The summed E-state index contributed by atoms with van der Waals surface area (Å²) >= 11 is 12.1. The lowest BCUT2D eigenvalue weighted by Gasteiger charge is -2.11. The number of allylic oxidation sites excluding steroid dienone is 6. The Morgan fingerprint density at radius 3 is 2.16 bits per heavy atom. The first kappa shape index (κ1) is 17.4. The fourth-order valence-electron chi connectivity index (χ4n) is 2.47. The summed E-state index contributed by atoms with van der Waals surface area (Å²) in [4.78, 5) is 19.3. The second kappa shape index (κ2) is 7.23. The Kier molecular flexibility index (Phi) is 5.03. The molecule has 2 aromatic rings. The average molecular weight is 376 g/mol. The van der Waals surface area contributed by atoms with Crippen LogP contribution in [0.1, 0.15) is 6.42 Å². The highest BCUT2D eigenvalue weighted by Gasteiger charge is 2.15. The third-order valence-corrected chi connectivity index (χ3v) is 4.39. The highest BCUT2D eigenvalue weighted by Crippen LogP contribution is 2.32. The van der Waals surface area contributed by atoms with Gasteiger partial charge in [-0.05, 0) is 29.7 Å². The Morgan fingerprint density at radius 1 is 1.12 bits per heavy atom. The summed E-state index contributed by atoms with van der Waals surface area (Å²) in [6.07, 6.45) is 9.90. The van der Waals surface area contributed by atoms with Crippen LogP contribution in [0.5, 0.6) is 0 Å². The molecule has 0 unspecified atom stereocenters. The van der Waals surface area contributed by atoms with Crippen molar-refractivity contribution in [1.29, 1.82) is 0 Å². The van der Waals surface area contributed by atoms with E-state index in [1.807, 2.05) is 0 Å². The third kappa shape index (κ3) is 3.66. The van der Waals surface area contributed by atoms with Gasteiger partial charge >= 0.3 is 5.69 Å². The quantitative estimate of drug-likeness (QED) is 0.621. The summed E-state index contributed by atoms with van der Waals surface area (Å²) in [5.41, 5.74) is 5.11. The molecule has 0 radical (unpaired) electrons. The van der Waals surface area contributed by atoms with Crippen LogP contribution in [0, 0.1) is 0 Å². The number of anilines is 1. The molecule has 3 N–H and O–H groups in total. The molecule has 1 heterocycles. The van der Waals surface area contributed by atoms with Crippen LogP contribution in [0.25, 0.3) is 11.4 Å². The van der Waals surface area contributed by atoms with Gasteiger partial charge in [-0.15, -0.1) is 0 Å². The zero-order valence-electron chi connectivity index (χ0n) is 13.3. The van der Waals surface area contributed by atoms with Gasteiger partial charge in [-0.25, -0.2) is 10.6 Å². The van der Waals surface area contributed by atoms with Crippen LogP contribution in [0.3, 0.4) is 0 Å². The van der Waals surface area contributed by atoms with Gasteiger partial charge in [0.2, 0.25) is 5.95 Å². The van der Waals surface area contributed by atoms with Crippen molar-refractivity contribution >= 4 is 29.2 Å². The maximum atomic E-state index is 11.6. The standard InChI is InChI=1S/C10H9Cl2N5O.C7H6/c1-17-8(14-9(16-13)15-10(17)18)7-5(11)3-2-4-6(7)12;1-2-7-4-3-6(1)5-7/h2-4H,13H2,1H3,(H,15,16,18);1-4H,5H2. The number of halogens is 2. The highest BCUT2D eigenvalue weighted by molar-refractivity contribution is 6.39. The molecule has 8 heteroatoms. The highest BCUT2D eigenvalue weighted by atomic mass is 35.5. The summed E-state index contributed by atoms with van der Waals surface area (Å²) in [5.74, 6) is 5.50. The maximum Gasteiger partial charge on any atom is 0.352 e. The number of aromatic nitrogens is 3. The Hall–Kier alpha value is -2.41. The average Bonchev–Trinajstić information content (AvgIpc) is 3.24. The molecule has 0 atom stereocenters. The molecule has 25 heavy (non-hydrogen) atoms. The first-order valence-electron chi connectivity index (χ1n) is 7.43. The molecule has 2 bridgehead atoms. The van der Waals surface area contributed by atoms with Gasteiger partial charge in [0.1, 0.15) is 0 Å². The Bertz CT molecular complexity index is 935. The van der Waals surface area contributed by atoms with Crippen molar-refractivity contribution in [1.82, 2.24) is 14.5 Å². The van der Waals surface area contributed by atoms with Gasteiger partial charge in [0, 0.05) is 7.05 Å². The van der Waals surface area contributed by atoms with Crippen LogP contribution in [0.4, 0.5) is 5.95 Å². The van der Waals surface area contributed by atoms with Crippen molar-refractivity contribution < 1.29 is 0 Å². The van der Waals surface area contributed by atoms with Crippen LogP contribution in [0.15, 0.2) is 58.4 Å². The first-order chi connectivity index (χ1) is 12.0. The third-order valence-electron chi connectivity index (χ3n) is 3.76. The summed E-state index contributed by atoms with van der Waals surface area (Å²) in [5, 5.41) is 0.776. The number of nitrogen functional groups attached to an aromatic ring is 1. The van der Waals surface area contributed by atoms with E-state index in [-0.39, 0.29) is 5.95 Å². The van der Waals surface area contributed by atoms with Gasteiger partial charge in [-0.1, -0.05) is 53.6 Å². The summed E-state index contributed by atoms with van der Waals surface area (Å²) < 4.78 is 1.24. The number of hydrogen-bond acceptors (Lipinski definition) is 5. The predicted molar refractivity (Wildman–Crippen MR) is 100 cm³/mol. The molecule has 128 valence electrons. The number of hydrogen-bond donors (Lipinski definition) is 2. The van der Waals surface area contributed by atoms with Gasteiger partial charge in [-0.2, -0.15) is 9.97 Å². The van der Waals surface area contributed by atoms with Crippen molar-refractivity contribution in [3.63, 3.8) is 0 Å². The number of fused-ring (bicyclic) bond motifs is 2. The van der Waals surface area contributed by atoms with Crippen molar-refractivity contribution in [2.24, 2.45) is 12.9 Å². The second-order valence-electron chi connectivity index (χ2n) is 5.45. The molecule has 0 amide bonds. The number of hydrazine groups is 1. The predicted octanol–water partition coefficient (Wildman–Crippen LogP) is 3.25. The Morgan fingerprint density at radius 2 is 1.72 bits per heavy atom. The van der Waals surface area contributed by atoms with Crippen LogP contribution in [0.2, 0.25) is 10.0 Å². The fourth-order valence-corrected chi connectivity index (χ4v) is 3.03. The summed E-state index contributed by atoms with van der Waals surface area (Å²) in [6, 6.07) is 5.02. The van der Waals surface area contributed by atoms with E-state index in [4.69, 9.17) is 29.0 Å². The van der Waals surface area contributed by atoms with E-state index in [0.717, 1.165) is 0 Å². The van der Waals surface area contributed by atoms with E-state index in [0.29, 0.717) is 21.4 Å². The van der Waals surface area contributed by atoms with Crippen LogP contribution >= 0.6 is 23.2 Å². The molecule has 1 aromatic heterocycles.